The van der Waals surface area contributed by atoms with E-state index in [2.05, 4.69) is 58.9 Å². The first-order chi connectivity index (χ1) is 11.5. The molecular weight excluding hydrogens is 338 g/mol. The maximum absolute atomic E-state index is 4.67. The van der Waals surface area contributed by atoms with Crippen LogP contribution in [0.2, 0.25) is 0 Å². The van der Waals surface area contributed by atoms with Gasteiger partial charge in [0.15, 0.2) is 11.1 Å². The van der Waals surface area contributed by atoms with Crippen LogP contribution in [-0.4, -0.2) is 37.6 Å². The Balaban J connectivity index is 1.93. The molecule has 5 nitrogen and oxygen atoms in total. The molecule has 2 aromatic heterocycles. The number of hydrogen-bond donors (Lipinski definition) is 2. The lowest BCUT2D eigenvalue weighted by Crippen LogP contribution is -2.43. The van der Waals surface area contributed by atoms with Gasteiger partial charge in [0.1, 0.15) is 0 Å². The zero-order valence-corrected chi connectivity index (χ0v) is 16.7. The van der Waals surface area contributed by atoms with Gasteiger partial charge in [-0.05, 0) is 32.9 Å². The molecule has 0 aromatic carbocycles. The predicted molar refractivity (Wildman–Crippen MR) is 107 cm³/mol. The number of hydrogen-bond acceptors (Lipinski definition) is 5. The molecule has 0 fully saturated rings. The molecule has 1 unspecified atom stereocenters. The van der Waals surface area contributed by atoms with Gasteiger partial charge in [-0.1, -0.05) is 0 Å². The molecule has 0 saturated heterocycles. The fourth-order valence-electron chi connectivity index (χ4n) is 2.24. The number of thiazole rings is 1. The van der Waals surface area contributed by atoms with Crippen molar-refractivity contribution in [1.29, 1.82) is 0 Å². The second-order valence-electron chi connectivity index (χ2n) is 5.97. The number of guanidine groups is 1. The van der Waals surface area contributed by atoms with E-state index in [0.717, 1.165) is 29.8 Å². The van der Waals surface area contributed by atoms with E-state index in [1.807, 2.05) is 30.3 Å². The summed E-state index contributed by atoms with van der Waals surface area (Å²) < 4.78 is 0. The molecule has 7 heteroatoms. The number of thiophene rings is 1. The predicted octanol–water partition coefficient (Wildman–Crippen LogP) is 3.27. The quantitative estimate of drug-likeness (QED) is 0.584. The highest BCUT2D eigenvalue weighted by molar-refractivity contribution is 7.13. The van der Waals surface area contributed by atoms with E-state index < -0.39 is 0 Å². The molecule has 0 saturated carbocycles. The van der Waals surface area contributed by atoms with Crippen molar-refractivity contribution in [1.82, 2.24) is 15.6 Å². The monoisotopic (exact) mass is 365 g/mol. The molecule has 0 amide bonds. The van der Waals surface area contributed by atoms with Crippen LogP contribution >= 0.6 is 22.7 Å². The summed E-state index contributed by atoms with van der Waals surface area (Å²) in [4.78, 5) is 14.0. The zero-order chi connectivity index (χ0) is 17.5. The van der Waals surface area contributed by atoms with Crippen LogP contribution in [0.1, 0.15) is 29.3 Å². The number of aromatic nitrogens is 1. The number of nitrogens with zero attached hydrogens (tertiary/aromatic N) is 3. The van der Waals surface area contributed by atoms with Crippen molar-refractivity contribution < 1.29 is 0 Å². The summed E-state index contributed by atoms with van der Waals surface area (Å²) in [5, 5.41) is 9.88. The summed E-state index contributed by atoms with van der Waals surface area (Å²) in [5.41, 5.74) is 1.00. The third-order valence-electron chi connectivity index (χ3n) is 3.35. The average molecular weight is 366 g/mol. The lowest BCUT2D eigenvalue weighted by Gasteiger charge is -2.17. The van der Waals surface area contributed by atoms with Crippen molar-refractivity contribution >= 4 is 33.8 Å². The molecular formula is C17H27N5S2. The standard InChI is InChI=1S/C17H27N5S2/c1-6-18-16(19-10-14-11-23-17(21-14)22(4)5)20-12(2)9-15-8-7-13(3)24-15/h7-8,11-12H,6,9-10H2,1-5H3,(H2,18,19,20). The van der Waals surface area contributed by atoms with Gasteiger partial charge in [0.25, 0.3) is 0 Å². The normalized spacial score (nSPS) is 13.0. The topological polar surface area (TPSA) is 52.6 Å². The Bertz CT molecular complexity index is 659. The van der Waals surface area contributed by atoms with E-state index in [0.29, 0.717) is 12.6 Å². The number of rotatable bonds is 7. The minimum Gasteiger partial charge on any atom is -0.357 e. The highest BCUT2D eigenvalue weighted by Gasteiger charge is 2.08. The highest BCUT2D eigenvalue weighted by Crippen LogP contribution is 2.18. The number of anilines is 1. The van der Waals surface area contributed by atoms with Gasteiger partial charge in [-0.25, -0.2) is 9.98 Å². The molecule has 0 aliphatic carbocycles. The largest absolute Gasteiger partial charge is 0.357 e. The van der Waals surface area contributed by atoms with E-state index in [1.165, 1.54) is 9.75 Å². The van der Waals surface area contributed by atoms with E-state index in [1.54, 1.807) is 11.3 Å². The highest BCUT2D eigenvalue weighted by atomic mass is 32.1. The Morgan fingerprint density at radius 2 is 2.17 bits per heavy atom. The van der Waals surface area contributed by atoms with Gasteiger partial charge in [0.05, 0.1) is 12.2 Å². The van der Waals surface area contributed by atoms with E-state index in [4.69, 9.17) is 0 Å². The third kappa shape index (κ3) is 5.79. The maximum atomic E-state index is 4.67. The Labute approximate surface area is 152 Å². The molecule has 0 spiro atoms. The van der Waals surface area contributed by atoms with Gasteiger partial charge in [-0.15, -0.1) is 22.7 Å². The summed E-state index contributed by atoms with van der Waals surface area (Å²) in [6, 6.07) is 4.71. The van der Waals surface area contributed by atoms with Crippen LogP contribution in [0.4, 0.5) is 5.13 Å². The fourth-order valence-corrected chi connectivity index (χ4v) is 4.00. The summed E-state index contributed by atoms with van der Waals surface area (Å²) in [6.45, 7) is 7.85. The van der Waals surface area contributed by atoms with Crippen LogP contribution in [-0.2, 0) is 13.0 Å². The average Bonchev–Trinajstić information content (AvgIpc) is 3.14. The van der Waals surface area contributed by atoms with Crippen molar-refractivity contribution in [3.8, 4) is 0 Å². The van der Waals surface area contributed by atoms with Crippen LogP contribution in [0.15, 0.2) is 22.5 Å². The molecule has 0 bridgehead atoms. The van der Waals surface area contributed by atoms with Crippen LogP contribution < -0.4 is 15.5 Å². The molecule has 0 aliphatic rings. The summed E-state index contributed by atoms with van der Waals surface area (Å²) in [7, 11) is 4.01. The van der Waals surface area contributed by atoms with Gasteiger partial charge in [0, 0.05) is 48.2 Å². The number of aliphatic imine (C=N–C) groups is 1. The summed E-state index contributed by atoms with van der Waals surface area (Å²) in [6.07, 6.45) is 1.00. The minimum absolute atomic E-state index is 0.327. The van der Waals surface area contributed by atoms with Gasteiger partial charge in [-0.3, -0.25) is 0 Å². The molecule has 2 aromatic rings. The molecule has 2 N–H and O–H groups in total. The molecule has 24 heavy (non-hydrogen) atoms. The minimum atomic E-state index is 0.327. The molecule has 132 valence electrons. The van der Waals surface area contributed by atoms with Gasteiger partial charge in [-0.2, -0.15) is 0 Å². The van der Waals surface area contributed by atoms with E-state index in [9.17, 15) is 0 Å². The van der Waals surface area contributed by atoms with Crippen LogP contribution in [0.25, 0.3) is 0 Å². The summed E-state index contributed by atoms with van der Waals surface area (Å²) >= 11 is 3.51. The van der Waals surface area contributed by atoms with Crippen molar-refractivity contribution in [3.05, 3.63) is 33.0 Å². The van der Waals surface area contributed by atoms with E-state index in [-0.39, 0.29) is 0 Å². The lowest BCUT2D eigenvalue weighted by molar-refractivity contribution is 0.645. The van der Waals surface area contributed by atoms with Crippen molar-refractivity contribution in [2.24, 2.45) is 4.99 Å². The summed E-state index contributed by atoms with van der Waals surface area (Å²) in [5.74, 6) is 0.845. The number of nitrogens with one attached hydrogen (secondary N) is 2. The first-order valence-electron chi connectivity index (χ1n) is 8.19. The van der Waals surface area contributed by atoms with Crippen molar-refractivity contribution in [2.45, 2.75) is 39.8 Å². The van der Waals surface area contributed by atoms with Crippen LogP contribution in [0.3, 0.4) is 0 Å². The molecule has 2 heterocycles. The van der Waals surface area contributed by atoms with E-state index >= 15 is 0 Å². The first kappa shape index (κ1) is 18.7. The smallest absolute Gasteiger partial charge is 0.191 e. The van der Waals surface area contributed by atoms with Crippen LogP contribution in [0.5, 0.6) is 0 Å². The molecule has 0 radical (unpaired) electrons. The molecule has 0 aliphatic heterocycles. The van der Waals surface area contributed by atoms with Gasteiger partial charge in [0.2, 0.25) is 0 Å². The Morgan fingerprint density at radius 3 is 2.75 bits per heavy atom. The number of aryl methyl sites for hydroxylation is 1. The second-order valence-corrected chi connectivity index (χ2v) is 8.18. The Morgan fingerprint density at radius 1 is 1.38 bits per heavy atom. The Kier molecular flexibility index (Phi) is 7.05. The molecule has 2 rings (SSSR count). The zero-order valence-electron chi connectivity index (χ0n) is 15.1. The SMILES string of the molecule is CCNC(=NCc1csc(N(C)C)n1)NC(C)Cc1ccc(C)s1. The van der Waals surface area contributed by atoms with Gasteiger partial charge < -0.3 is 15.5 Å². The lowest BCUT2D eigenvalue weighted by atomic mass is 10.2. The second kappa shape index (κ2) is 9.03. The van der Waals surface area contributed by atoms with Crippen LogP contribution in [0, 0.1) is 6.92 Å². The third-order valence-corrected chi connectivity index (χ3v) is 5.43. The van der Waals surface area contributed by atoms with Gasteiger partial charge >= 0.3 is 0 Å². The maximum Gasteiger partial charge on any atom is 0.191 e. The molecule has 1 atom stereocenters. The fraction of sp³-hybridized carbons (Fsp3) is 0.529. The first-order valence-corrected chi connectivity index (χ1v) is 9.89. The van der Waals surface area contributed by atoms with Crippen molar-refractivity contribution in [3.63, 3.8) is 0 Å². The Hall–Kier alpha value is -1.60. The van der Waals surface area contributed by atoms with Crippen molar-refractivity contribution in [2.75, 3.05) is 25.5 Å².